The predicted molar refractivity (Wildman–Crippen MR) is 127 cm³/mol. The number of aliphatic hydroxyl groups is 1. The maximum Gasteiger partial charge on any atom is 0.335 e. The molecule has 3 aromatic carbocycles. The Morgan fingerprint density at radius 1 is 0.971 bits per heavy atom. The lowest BCUT2D eigenvalue weighted by Crippen LogP contribution is -2.31. The number of carbonyl (C=O) groups is 3. The molecule has 1 heterocycles. The minimum absolute atomic E-state index is 0.104. The zero-order valence-electron chi connectivity index (χ0n) is 18.1. The van der Waals surface area contributed by atoms with E-state index in [1.54, 1.807) is 24.3 Å². The summed E-state index contributed by atoms with van der Waals surface area (Å²) in [6, 6.07) is 18.5. The first-order valence-corrected chi connectivity index (χ1v) is 10.4. The summed E-state index contributed by atoms with van der Waals surface area (Å²) in [5.41, 5.74) is 0.358. The highest BCUT2D eigenvalue weighted by molar-refractivity contribution is 6.20. The molecule has 1 atom stereocenters. The normalized spacial score (nSPS) is 15.6. The van der Waals surface area contributed by atoms with Crippen molar-refractivity contribution in [3.05, 3.63) is 123 Å². The quantitative estimate of drug-likeness (QED) is 0.295. The lowest BCUT2D eigenvalue weighted by atomic mass is 9.95. The van der Waals surface area contributed by atoms with Gasteiger partial charge in [-0.2, -0.15) is 0 Å². The molecule has 0 saturated carbocycles. The van der Waals surface area contributed by atoms with E-state index in [4.69, 9.17) is 0 Å². The van der Waals surface area contributed by atoms with Crippen LogP contribution in [0.1, 0.15) is 27.5 Å². The monoisotopic (exact) mass is 470 g/mol. The SMILES string of the molecule is O=C(/C=C/c1ccccc1)C1=C(O)C(=O)N(c2cccc(C(=O)O)c2)[C@H]1c1cccc([N+](=O)[O-])c1. The fraction of sp³-hybridized carbons (Fsp3) is 0.0385. The summed E-state index contributed by atoms with van der Waals surface area (Å²) < 4.78 is 0. The Labute approximate surface area is 199 Å². The lowest BCUT2D eigenvalue weighted by Gasteiger charge is -2.26. The Balaban J connectivity index is 1.85. The van der Waals surface area contributed by atoms with Crippen LogP contribution >= 0.6 is 0 Å². The number of amides is 1. The van der Waals surface area contributed by atoms with Crippen molar-refractivity contribution >= 4 is 35.1 Å². The van der Waals surface area contributed by atoms with Crippen molar-refractivity contribution < 1.29 is 29.5 Å². The number of non-ortho nitro benzene ring substituents is 1. The second-order valence-electron chi connectivity index (χ2n) is 7.66. The summed E-state index contributed by atoms with van der Waals surface area (Å²) >= 11 is 0. The summed E-state index contributed by atoms with van der Waals surface area (Å²) in [6.45, 7) is 0. The maximum atomic E-state index is 13.2. The van der Waals surface area contributed by atoms with Crippen molar-refractivity contribution in [2.45, 2.75) is 6.04 Å². The molecule has 0 saturated heterocycles. The van der Waals surface area contributed by atoms with Crippen LogP contribution in [0.4, 0.5) is 11.4 Å². The van der Waals surface area contributed by atoms with Crippen LogP contribution in [0.2, 0.25) is 0 Å². The van der Waals surface area contributed by atoms with Gasteiger partial charge in [0.1, 0.15) is 0 Å². The molecular weight excluding hydrogens is 452 g/mol. The number of carboxylic acids is 1. The molecular formula is C26H18N2O7. The van der Waals surface area contributed by atoms with Gasteiger partial charge in [0.05, 0.1) is 22.1 Å². The van der Waals surface area contributed by atoms with Crippen molar-refractivity contribution in [3.63, 3.8) is 0 Å². The number of nitro groups is 1. The van der Waals surface area contributed by atoms with Gasteiger partial charge in [0, 0.05) is 17.8 Å². The molecule has 3 aromatic rings. The minimum atomic E-state index is -1.23. The number of ketones is 1. The van der Waals surface area contributed by atoms with E-state index < -0.39 is 34.4 Å². The first kappa shape index (κ1) is 23.1. The number of aromatic carboxylic acids is 1. The molecule has 0 unspecified atom stereocenters. The van der Waals surface area contributed by atoms with Gasteiger partial charge in [0.25, 0.3) is 11.6 Å². The van der Waals surface area contributed by atoms with Crippen LogP contribution in [-0.4, -0.2) is 32.8 Å². The molecule has 1 aliphatic heterocycles. The Morgan fingerprint density at radius 2 is 1.69 bits per heavy atom. The molecule has 1 aliphatic rings. The maximum absolute atomic E-state index is 13.2. The average molecular weight is 470 g/mol. The first-order chi connectivity index (χ1) is 16.8. The van der Waals surface area contributed by atoms with Gasteiger partial charge in [0.2, 0.25) is 0 Å². The minimum Gasteiger partial charge on any atom is -0.503 e. The summed E-state index contributed by atoms with van der Waals surface area (Å²) in [5, 5.41) is 31.5. The number of carbonyl (C=O) groups excluding carboxylic acids is 2. The van der Waals surface area contributed by atoms with Crippen molar-refractivity contribution in [2.24, 2.45) is 0 Å². The highest BCUT2D eigenvalue weighted by Gasteiger charge is 2.44. The Morgan fingerprint density at radius 3 is 2.37 bits per heavy atom. The summed E-state index contributed by atoms with van der Waals surface area (Å²) in [5.74, 6) is -3.65. The lowest BCUT2D eigenvalue weighted by molar-refractivity contribution is -0.384. The third-order valence-electron chi connectivity index (χ3n) is 5.47. The Hall–Kier alpha value is -5.05. The second-order valence-corrected chi connectivity index (χ2v) is 7.66. The number of nitrogens with zero attached hydrogens (tertiary/aromatic N) is 2. The Kier molecular flexibility index (Phi) is 6.23. The number of nitro benzene ring substituents is 1. The number of allylic oxidation sites excluding steroid dienone is 1. The molecule has 9 heteroatoms. The van der Waals surface area contributed by atoms with E-state index in [0.29, 0.717) is 5.56 Å². The zero-order valence-corrected chi connectivity index (χ0v) is 18.1. The highest BCUT2D eigenvalue weighted by atomic mass is 16.6. The summed E-state index contributed by atoms with van der Waals surface area (Å²) in [6.07, 6.45) is 2.72. The number of benzene rings is 3. The molecule has 2 N–H and O–H groups in total. The molecule has 4 rings (SSSR count). The van der Waals surface area contributed by atoms with Gasteiger partial charge in [-0.1, -0.05) is 54.6 Å². The van der Waals surface area contributed by atoms with Gasteiger partial charge < -0.3 is 10.2 Å². The van der Waals surface area contributed by atoms with E-state index in [1.807, 2.05) is 6.07 Å². The number of rotatable bonds is 7. The Bertz CT molecular complexity index is 1410. The molecule has 0 bridgehead atoms. The smallest absolute Gasteiger partial charge is 0.335 e. The molecule has 9 nitrogen and oxygen atoms in total. The summed E-state index contributed by atoms with van der Waals surface area (Å²) in [4.78, 5) is 49.6. The predicted octanol–water partition coefficient (Wildman–Crippen LogP) is 4.48. The van der Waals surface area contributed by atoms with Crippen molar-refractivity contribution in [3.8, 4) is 0 Å². The van der Waals surface area contributed by atoms with Gasteiger partial charge in [-0.05, 0) is 35.4 Å². The first-order valence-electron chi connectivity index (χ1n) is 10.4. The van der Waals surface area contributed by atoms with Crippen molar-refractivity contribution in [2.75, 3.05) is 4.90 Å². The molecule has 0 spiro atoms. The van der Waals surface area contributed by atoms with E-state index >= 15 is 0 Å². The fourth-order valence-corrected chi connectivity index (χ4v) is 3.86. The third-order valence-corrected chi connectivity index (χ3v) is 5.47. The molecule has 0 aliphatic carbocycles. The molecule has 1 amide bonds. The van der Waals surface area contributed by atoms with Crippen LogP contribution in [0.25, 0.3) is 6.08 Å². The largest absolute Gasteiger partial charge is 0.503 e. The van der Waals surface area contributed by atoms with Crippen LogP contribution < -0.4 is 4.90 Å². The van der Waals surface area contributed by atoms with Crippen LogP contribution in [0.3, 0.4) is 0 Å². The number of carboxylic acid groups (broad SMARTS) is 1. The third kappa shape index (κ3) is 4.55. The van der Waals surface area contributed by atoms with E-state index in [-0.39, 0.29) is 28.1 Å². The van der Waals surface area contributed by atoms with Crippen LogP contribution in [0.15, 0.2) is 96.3 Å². The number of hydrogen-bond donors (Lipinski definition) is 2. The van der Waals surface area contributed by atoms with Crippen molar-refractivity contribution in [1.29, 1.82) is 0 Å². The average Bonchev–Trinajstić information content (AvgIpc) is 3.13. The van der Waals surface area contributed by atoms with Crippen LogP contribution in [-0.2, 0) is 9.59 Å². The van der Waals surface area contributed by atoms with Crippen molar-refractivity contribution in [1.82, 2.24) is 0 Å². The van der Waals surface area contributed by atoms with E-state index in [1.165, 1.54) is 60.7 Å². The van der Waals surface area contributed by atoms with Gasteiger partial charge in [-0.3, -0.25) is 24.6 Å². The molecule has 0 aromatic heterocycles. The number of aliphatic hydroxyl groups excluding tert-OH is 1. The summed E-state index contributed by atoms with van der Waals surface area (Å²) in [7, 11) is 0. The van der Waals surface area contributed by atoms with E-state index in [2.05, 4.69) is 0 Å². The molecule has 174 valence electrons. The number of hydrogen-bond acceptors (Lipinski definition) is 6. The highest BCUT2D eigenvalue weighted by Crippen LogP contribution is 2.42. The molecule has 35 heavy (non-hydrogen) atoms. The van der Waals surface area contributed by atoms with Crippen LogP contribution in [0, 0.1) is 10.1 Å². The van der Waals surface area contributed by atoms with Gasteiger partial charge in [-0.15, -0.1) is 0 Å². The standard InChI is InChI=1S/C26H18N2O7/c29-21(13-12-16-6-2-1-3-7-16)22-23(17-8-4-11-20(14-17)28(34)35)27(25(31)24(22)30)19-10-5-9-18(15-19)26(32)33/h1-15,23,30H,(H,32,33)/b13-12+/t23-/m0/s1. The fourth-order valence-electron chi connectivity index (χ4n) is 3.86. The van der Waals surface area contributed by atoms with Gasteiger partial charge in [-0.25, -0.2) is 4.79 Å². The van der Waals surface area contributed by atoms with Gasteiger partial charge in [0.15, 0.2) is 11.5 Å². The van der Waals surface area contributed by atoms with Gasteiger partial charge >= 0.3 is 5.97 Å². The topological polar surface area (TPSA) is 138 Å². The van der Waals surface area contributed by atoms with E-state index in [9.17, 15) is 34.7 Å². The molecule has 0 radical (unpaired) electrons. The van der Waals surface area contributed by atoms with Crippen LogP contribution in [0.5, 0.6) is 0 Å². The number of anilines is 1. The second kappa shape index (κ2) is 9.44. The van der Waals surface area contributed by atoms with E-state index in [0.717, 1.165) is 4.90 Å². The zero-order chi connectivity index (χ0) is 25.1. The molecule has 0 fully saturated rings.